The molecule has 1 fully saturated rings. The number of aromatic nitrogens is 4. The van der Waals surface area contributed by atoms with Crippen LogP contribution in [0.5, 0.6) is 0 Å². The average molecular weight is 360 g/mol. The molecule has 1 aromatic carbocycles. The lowest BCUT2D eigenvalue weighted by Crippen LogP contribution is -2.28. The normalized spacial score (nSPS) is 15.3. The molecule has 0 aliphatic carbocycles. The van der Waals surface area contributed by atoms with Crippen molar-refractivity contribution < 1.29 is 13.5 Å². The first-order valence-electron chi connectivity index (χ1n) is 8.39. The predicted molar refractivity (Wildman–Crippen MR) is 93.5 cm³/mol. The number of H-pyrrole nitrogens is 1. The lowest BCUT2D eigenvalue weighted by atomic mass is 10.1. The van der Waals surface area contributed by atoms with E-state index >= 15 is 0 Å². The number of hydrogen-bond donors (Lipinski definition) is 3. The van der Waals surface area contributed by atoms with Crippen LogP contribution in [0.15, 0.2) is 18.3 Å². The van der Waals surface area contributed by atoms with Crippen molar-refractivity contribution in [1.29, 1.82) is 0 Å². The Morgan fingerprint density at radius 3 is 2.77 bits per heavy atom. The minimum Gasteiger partial charge on any atom is -0.381 e. The Bertz CT molecular complexity index is 938. The Morgan fingerprint density at radius 1 is 1.15 bits per heavy atom. The minimum absolute atomic E-state index is 0.000620. The molecule has 1 aliphatic heterocycles. The first-order valence-corrected chi connectivity index (χ1v) is 8.39. The largest absolute Gasteiger partial charge is 0.381 e. The van der Waals surface area contributed by atoms with Gasteiger partial charge in [-0.1, -0.05) is 6.07 Å². The van der Waals surface area contributed by atoms with Gasteiger partial charge < -0.3 is 20.4 Å². The molecule has 9 heteroatoms. The number of benzene rings is 1. The standard InChI is InChI=1S/C17H18F2N6O/c1-9-2-3-11(14(19)13(9)18)22-17-23-12-8-20-16(24-15(12)25-17)21-10-4-6-26-7-5-10/h2-3,8,10H,4-7H2,1H3,(H3,20,21,22,23,24,25). The Labute approximate surface area is 148 Å². The van der Waals surface area contributed by atoms with E-state index in [2.05, 4.69) is 30.6 Å². The molecule has 0 unspecified atom stereocenters. The number of imidazole rings is 1. The van der Waals surface area contributed by atoms with E-state index < -0.39 is 11.6 Å². The van der Waals surface area contributed by atoms with E-state index in [1.807, 2.05) is 0 Å². The van der Waals surface area contributed by atoms with Crippen LogP contribution in [-0.2, 0) is 4.74 Å². The van der Waals surface area contributed by atoms with E-state index in [4.69, 9.17) is 4.74 Å². The van der Waals surface area contributed by atoms with Crippen molar-refractivity contribution in [3.63, 3.8) is 0 Å². The number of hydrogen-bond acceptors (Lipinski definition) is 6. The summed E-state index contributed by atoms with van der Waals surface area (Å²) < 4.78 is 33.0. The molecular weight excluding hydrogens is 342 g/mol. The average Bonchev–Trinajstić information content (AvgIpc) is 3.05. The summed E-state index contributed by atoms with van der Waals surface area (Å²) in [4.78, 5) is 15.9. The van der Waals surface area contributed by atoms with Gasteiger partial charge in [-0.25, -0.2) is 18.7 Å². The van der Waals surface area contributed by atoms with E-state index in [0.29, 0.717) is 17.1 Å². The number of nitrogens with zero attached hydrogens (tertiary/aromatic N) is 3. The molecule has 0 atom stereocenters. The van der Waals surface area contributed by atoms with E-state index in [1.54, 1.807) is 6.20 Å². The third kappa shape index (κ3) is 3.30. The quantitative estimate of drug-likeness (QED) is 0.662. The summed E-state index contributed by atoms with van der Waals surface area (Å²) >= 11 is 0. The summed E-state index contributed by atoms with van der Waals surface area (Å²) in [6.07, 6.45) is 3.38. The fourth-order valence-electron chi connectivity index (χ4n) is 2.83. The second-order valence-corrected chi connectivity index (χ2v) is 6.23. The molecule has 1 saturated heterocycles. The third-order valence-electron chi connectivity index (χ3n) is 4.32. The zero-order valence-corrected chi connectivity index (χ0v) is 14.1. The predicted octanol–water partition coefficient (Wildman–Crippen LogP) is 3.27. The summed E-state index contributed by atoms with van der Waals surface area (Å²) in [5, 5.41) is 6.02. The molecule has 136 valence electrons. The van der Waals surface area contributed by atoms with Gasteiger partial charge in [-0.3, -0.25) is 0 Å². The first kappa shape index (κ1) is 16.6. The number of aromatic amines is 1. The van der Waals surface area contributed by atoms with E-state index in [-0.39, 0.29) is 23.2 Å². The topological polar surface area (TPSA) is 87.8 Å². The smallest absolute Gasteiger partial charge is 0.224 e. The Hall–Kier alpha value is -2.81. The zero-order chi connectivity index (χ0) is 18.1. The second kappa shape index (κ2) is 6.83. The lowest BCUT2D eigenvalue weighted by Gasteiger charge is -2.22. The van der Waals surface area contributed by atoms with Gasteiger partial charge in [0.2, 0.25) is 11.9 Å². The molecule has 0 amide bonds. The van der Waals surface area contributed by atoms with Gasteiger partial charge in [-0.2, -0.15) is 4.98 Å². The fourth-order valence-corrected chi connectivity index (χ4v) is 2.83. The van der Waals surface area contributed by atoms with Crippen molar-refractivity contribution in [3.05, 3.63) is 35.5 Å². The number of rotatable bonds is 4. The van der Waals surface area contributed by atoms with E-state index in [9.17, 15) is 8.78 Å². The summed E-state index contributed by atoms with van der Waals surface area (Å²) in [6.45, 7) is 2.94. The van der Waals surface area contributed by atoms with Gasteiger partial charge in [0.25, 0.3) is 0 Å². The summed E-state index contributed by atoms with van der Waals surface area (Å²) in [5.41, 5.74) is 1.27. The highest BCUT2D eigenvalue weighted by atomic mass is 19.2. The molecule has 3 aromatic rings. The molecule has 2 aromatic heterocycles. The van der Waals surface area contributed by atoms with Crippen molar-refractivity contribution in [2.24, 2.45) is 0 Å². The maximum absolute atomic E-state index is 14.0. The monoisotopic (exact) mass is 360 g/mol. The lowest BCUT2D eigenvalue weighted by molar-refractivity contribution is 0.0903. The van der Waals surface area contributed by atoms with Crippen LogP contribution in [-0.4, -0.2) is 39.2 Å². The SMILES string of the molecule is Cc1ccc(Nc2nc3cnc(NC4CCOCC4)nc3[nH]2)c(F)c1F. The van der Waals surface area contributed by atoms with Crippen molar-refractivity contribution >= 4 is 28.7 Å². The molecule has 0 spiro atoms. The fraction of sp³-hybridized carbons (Fsp3) is 0.353. The molecule has 7 nitrogen and oxygen atoms in total. The number of halogens is 2. The third-order valence-corrected chi connectivity index (χ3v) is 4.32. The molecule has 4 rings (SSSR count). The van der Waals surface area contributed by atoms with Crippen LogP contribution in [0.25, 0.3) is 11.2 Å². The van der Waals surface area contributed by atoms with Crippen LogP contribution >= 0.6 is 0 Å². The molecule has 3 N–H and O–H groups in total. The van der Waals surface area contributed by atoms with Crippen LogP contribution in [0, 0.1) is 18.6 Å². The Morgan fingerprint density at radius 2 is 1.96 bits per heavy atom. The maximum Gasteiger partial charge on any atom is 0.224 e. The van der Waals surface area contributed by atoms with Gasteiger partial charge in [0.15, 0.2) is 17.3 Å². The number of ether oxygens (including phenoxy) is 1. The van der Waals surface area contributed by atoms with Crippen molar-refractivity contribution in [1.82, 2.24) is 19.9 Å². The highest BCUT2D eigenvalue weighted by molar-refractivity contribution is 5.75. The van der Waals surface area contributed by atoms with Crippen molar-refractivity contribution in [2.45, 2.75) is 25.8 Å². The maximum atomic E-state index is 14.0. The van der Waals surface area contributed by atoms with Gasteiger partial charge in [-0.15, -0.1) is 0 Å². The Balaban J connectivity index is 1.55. The van der Waals surface area contributed by atoms with Crippen LogP contribution in [0.1, 0.15) is 18.4 Å². The molecule has 1 aliphatic rings. The number of aryl methyl sites for hydroxylation is 1. The molecule has 0 bridgehead atoms. The molecule has 3 heterocycles. The highest BCUT2D eigenvalue weighted by Crippen LogP contribution is 2.24. The summed E-state index contributed by atoms with van der Waals surface area (Å²) in [6, 6.07) is 3.23. The highest BCUT2D eigenvalue weighted by Gasteiger charge is 2.16. The second-order valence-electron chi connectivity index (χ2n) is 6.23. The van der Waals surface area contributed by atoms with E-state index in [1.165, 1.54) is 19.1 Å². The number of anilines is 3. The van der Waals surface area contributed by atoms with Crippen LogP contribution in [0.3, 0.4) is 0 Å². The van der Waals surface area contributed by atoms with Gasteiger partial charge in [0.1, 0.15) is 5.52 Å². The first-order chi connectivity index (χ1) is 12.6. The number of nitrogens with one attached hydrogen (secondary N) is 3. The van der Waals surface area contributed by atoms with Gasteiger partial charge in [0, 0.05) is 19.3 Å². The van der Waals surface area contributed by atoms with Gasteiger partial charge in [0.05, 0.1) is 11.9 Å². The minimum atomic E-state index is -0.946. The van der Waals surface area contributed by atoms with Crippen LogP contribution < -0.4 is 10.6 Å². The summed E-state index contributed by atoms with van der Waals surface area (Å²) in [7, 11) is 0. The van der Waals surface area contributed by atoms with Crippen molar-refractivity contribution in [3.8, 4) is 0 Å². The molecular formula is C17H18F2N6O. The Kier molecular flexibility index (Phi) is 4.37. The number of fused-ring (bicyclic) bond motifs is 1. The van der Waals surface area contributed by atoms with Crippen molar-refractivity contribution in [2.75, 3.05) is 23.8 Å². The molecule has 0 saturated carbocycles. The summed E-state index contributed by atoms with van der Waals surface area (Å²) in [5.74, 6) is -1.07. The van der Waals surface area contributed by atoms with Gasteiger partial charge in [-0.05, 0) is 31.4 Å². The molecule has 26 heavy (non-hydrogen) atoms. The van der Waals surface area contributed by atoms with E-state index in [0.717, 1.165) is 26.1 Å². The molecule has 0 radical (unpaired) electrons. The van der Waals surface area contributed by atoms with Crippen LogP contribution in [0.4, 0.5) is 26.4 Å². The zero-order valence-electron chi connectivity index (χ0n) is 14.1. The van der Waals surface area contributed by atoms with Gasteiger partial charge >= 0.3 is 0 Å². The van der Waals surface area contributed by atoms with Crippen LogP contribution in [0.2, 0.25) is 0 Å².